The van der Waals surface area contributed by atoms with Crippen LogP contribution in [0.5, 0.6) is 0 Å². The Balaban J connectivity index is 2.05. The molecule has 6 nitrogen and oxygen atoms in total. The normalized spacial score (nSPS) is 39.3. The topological polar surface area (TPSA) is 89.9 Å². The number of hydrogen-bond acceptors (Lipinski definition) is 5. The van der Waals surface area contributed by atoms with E-state index >= 15 is 0 Å². The Kier molecular flexibility index (Phi) is 2.70. The van der Waals surface area contributed by atoms with E-state index in [-0.39, 0.29) is 12.4 Å². The summed E-state index contributed by atoms with van der Waals surface area (Å²) in [5.41, 5.74) is 0. The zero-order chi connectivity index (χ0) is 11.1. The van der Waals surface area contributed by atoms with Gasteiger partial charge in [-0.05, 0) is 12.8 Å². The lowest BCUT2D eigenvalue weighted by atomic mass is 10.2. The van der Waals surface area contributed by atoms with E-state index < -0.39 is 33.5 Å². The maximum atomic E-state index is 11.5. The third-order valence-electron chi connectivity index (χ3n) is 2.67. The zero-order valence-electron chi connectivity index (χ0n) is 7.96. The van der Waals surface area contributed by atoms with Gasteiger partial charge in [0.1, 0.15) is 5.25 Å². The lowest BCUT2D eigenvalue weighted by Gasteiger charge is -2.16. The quantitative estimate of drug-likeness (QED) is 0.688. The second-order valence-corrected chi connectivity index (χ2v) is 6.05. The summed E-state index contributed by atoms with van der Waals surface area (Å²) in [6, 6.07) is 0. The van der Waals surface area contributed by atoms with Gasteiger partial charge in [-0.25, -0.2) is 13.2 Å². The third kappa shape index (κ3) is 1.99. The van der Waals surface area contributed by atoms with Crippen LogP contribution < -0.4 is 0 Å². The summed E-state index contributed by atoms with van der Waals surface area (Å²) in [7, 11) is -3.16. The molecule has 0 bridgehead atoms. The molecule has 2 aliphatic heterocycles. The SMILES string of the molecule is O=C(O)C1COC(C2CCCS2(=O)=O)O1. The molecule has 2 aliphatic rings. The molecule has 0 radical (unpaired) electrons. The monoisotopic (exact) mass is 236 g/mol. The molecule has 15 heavy (non-hydrogen) atoms. The molecule has 0 aromatic rings. The number of sulfone groups is 1. The maximum Gasteiger partial charge on any atom is 0.335 e. The summed E-state index contributed by atoms with van der Waals surface area (Å²) in [4.78, 5) is 10.6. The van der Waals surface area contributed by atoms with E-state index in [0.717, 1.165) is 0 Å². The van der Waals surface area contributed by atoms with Crippen LogP contribution in [0.4, 0.5) is 0 Å². The molecule has 2 heterocycles. The first-order chi connectivity index (χ1) is 7.00. The molecule has 1 N–H and O–H groups in total. The average molecular weight is 236 g/mol. The number of hydrogen-bond donors (Lipinski definition) is 1. The summed E-state index contributed by atoms with van der Waals surface area (Å²) >= 11 is 0. The van der Waals surface area contributed by atoms with Gasteiger partial charge in [0.2, 0.25) is 0 Å². The second kappa shape index (κ2) is 3.73. The fourth-order valence-corrected chi connectivity index (χ4v) is 3.75. The summed E-state index contributed by atoms with van der Waals surface area (Å²) in [6.07, 6.45) is -0.864. The molecule has 0 aromatic carbocycles. The van der Waals surface area contributed by atoms with Crippen molar-refractivity contribution in [3.05, 3.63) is 0 Å². The van der Waals surface area contributed by atoms with E-state index in [1.165, 1.54) is 0 Å². The van der Waals surface area contributed by atoms with Gasteiger partial charge in [-0.2, -0.15) is 0 Å². The first-order valence-corrected chi connectivity index (χ1v) is 6.44. The van der Waals surface area contributed by atoms with E-state index in [1.54, 1.807) is 0 Å². The predicted molar refractivity (Wildman–Crippen MR) is 49.1 cm³/mol. The first kappa shape index (κ1) is 10.8. The van der Waals surface area contributed by atoms with Crippen molar-refractivity contribution >= 4 is 15.8 Å². The standard InChI is InChI=1S/C8H12O6S/c9-7(10)5-4-13-8(14-5)6-2-1-3-15(6,11)12/h5-6,8H,1-4H2,(H,9,10). The van der Waals surface area contributed by atoms with Crippen molar-refractivity contribution in [2.45, 2.75) is 30.5 Å². The lowest BCUT2D eigenvalue weighted by molar-refractivity contribution is -0.150. The smallest absolute Gasteiger partial charge is 0.335 e. The minimum Gasteiger partial charge on any atom is -0.479 e. The lowest BCUT2D eigenvalue weighted by Crippen LogP contribution is -2.33. The minimum atomic E-state index is -3.16. The van der Waals surface area contributed by atoms with Gasteiger partial charge in [0.15, 0.2) is 22.2 Å². The van der Waals surface area contributed by atoms with Gasteiger partial charge in [-0.15, -0.1) is 0 Å². The predicted octanol–water partition coefficient (Wildman–Crippen LogP) is -0.610. The molecule has 3 atom stereocenters. The molecule has 86 valence electrons. The number of carboxylic acid groups (broad SMARTS) is 1. The van der Waals surface area contributed by atoms with E-state index in [0.29, 0.717) is 12.8 Å². The molecule has 2 saturated heterocycles. The van der Waals surface area contributed by atoms with Crippen LogP contribution in [-0.2, 0) is 24.1 Å². The summed E-state index contributed by atoms with van der Waals surface area (Å²) in [5, 5.41) is 7.96. The molecular weight excluding hydrogens is 224 g/mol. The number of carbonyl (C=O) groups is 1. The van der Waals surface area contributed by atoms with Gasteiger partial charge in [0.05, 0.1) is 12.4 Å². The number of rotatable bonds is 2. The fourth-order valence-electron chi connectivity index (χ4n) is 1.87. The van der Waals surface area contributed by atoms with Crippen LogP contribution in [0.25, 0.3) is 0 Å². The average Bonchev–Trinajstić information content (AvgIpc) is 2.69. The van der Waals surface area contributed by atoms with Gasteiger partial charge in [-0.3, -0.25) is 0 Å². The van der Waals surface area contributed by atoms with Crippen LogP contribution in [0.3, 0.4) is 0 Å². The largest absolute Gasteiger partial charge is 0.479 e. The van der Waals surface area contributed by atoms with Crippen LogP contribution in [0.2, 0.25) is 0 Å². The van der Waals surface area contributed by atoms with E-state index in [2.05, 4.69) is 0 Å². The first-order valence-electron chi connectivity index (χ1n) is 4.72. The van der Waals surface area contributed by atoms with Gasteiger partial charge >= 0.3 is 5.97 Å². The Morgan fingerprint density at radius 1 is 1.40 bits per heavy atom. The Labute approximate surface area is 87.1 Å². The Morgan fingerprint density at radius 3 is 2.60 bits per heavy atom. The Hall–Kier alpha value is -0.660. The van der Waals surface area contributed by atoms with E-state index in [4.69, 9.17) is 14.6 Å². The Bertz CT molecular complexity index is 361. The van der Waals surface area contributed by atoms with E-state index in [1.807, 2.05) is 0 Å². The number of ether oxygens (including phenoxy) is 2. The molecule has 2 fully saturated rings. The second-order valence-electron chi connectivity index (χ2n) is 3.71. The van der Waals surface area contributed by atoms with Crippen molar-refractivity contribution in [1.82, 2.24) is 0 Å². The fraction of sp³-hybridized carbons (Fsp3) is 0.875. The molecule has 2 rings (SSSR count). The molecule has 7 heteroatoms. The molecule has 0 saturated carbocycles. The van der Waals surface area contributed by atoms with Crippen molar-refractivity contribution in [3.8, 4) is 0 Å². The highest BCUT2D eigenvalue weighted by atomic mass is 32.2. The minimum absolute atomic E-state index is 0.0774. The summed E-state index contributed by atoms with van der Waals surface area (Å²) in [5.74, 6) is -0.980. The highest BCUT2D eigenvalue weighted by molar-refractivity contribution is 7.92. The third-order valence-corrected chi connectivity index (χ3v) is 4.91. The van der Waals surface area contributed by atoms with Crippen LogP contribution in [0.1, 0.15) is 12.8 Å². The van der Waals surface area contributed by atoms with Crippen LogP contribution in [-0.4, -0.2) is 49.5 Å². The van der Waals surface area contributed by atoms with Crippen molar-refractivity contribution in [2.24, 2.45) is 0 Å². The number of aliphatic carboxylic acids is 1. The van der Waals surface area contributed by atoms with Gasteiger partial charge in [0.25, 0.3) is 0 Å². The van der Waals surface area contributed by atoms with Crippen molar-refractivity contribution in [3.63, 3.8) is 0 Å². The molecule has 0 spiro atoms. The number of carboxylic acids is 1. The van der Waals surface area contributed by atoms with Crippen molar-refractivity contribution in [1.29, 1.82) is 0 Å². The highest BCUT2D eigenvalue weighted by Gasteiger charge is 2.44. The molecule has 3 unspecified atom stereocenters. The van der Waals surface area contributed by atoms with Crippen molar-refractivity contribution < 1.29 is 27.8 Å². The van der Waals surface area contributed by atoms with Gasteiger partial charge in [-0.1, -0.05) is 0 Å². The molecule has 0 aromatic heterocycles. The van der Waals surface area contributed by atoms with Crippen molar-refractivity contribution in [2.75, 3.05) is 12.4 Å². The Morgan fingerprint density at radius 2 is 2.13 bits per heavy atom. The van der Waals surface area contributed by atoms with E-state index in [9.17, 15) is 13.2 Å². The van der Waals surface area contributed by atoms with Crippen LogP contribution >= 0.6 is 0 Å². The zero-order valence-corrected chi connectivity index (χ0v) is 8.77. The summed E-state index contributed by atoms with van der Waals surface area (Å²) < 4.78 is 33.1. The van der Waals surface area contributed by atoms with Gasteiger partial charge in [0, 0.05) is 0 Å². The van der Waals surface area contributed by atoms with Crippen LogP contribution in [0, 0.1) is 0 Å². The van der Waals surface area contributed by atoms with Crippen LogP contribution in [0.15, 0.2) is 0 Å². The maximum absolute atomic E-state index is 11.5. The molecular formula is C8H12O6S. The molecule has 0 aliphatic carbocycles. The van der Waals surface area contributed by atoms with Gasteiger partial charge < -0.3 is 14.6 Å². The summed E-state index contributed by atoms with van der Waals surface area (Å²) in [6.45, 7) is -0.0774. The highest BCUT2D eigenvalue weighted by Crippen LogP contribution is 2.28. The molecule has 0 amide bonds.